The van der Waals surface area contributed by atoms with E-state index in [4.69, 9.17) is 4.74 Å². The number of esters is 1. The number of methoxy groups -OCH3 is 1. The van der Waals surface area contributed by atoms with E-state index in [1.54, 1.807) is 12.1 Å². The molecule has 4 aromatic carbocycles. The molecule has 4 nitrogen and oxygen atoms in total. The van der Waals surface area contributed by atoms with Crippen LogP contribution in [0.25, 0.3) is 0 Å². The second-order valence-corrected chi connectivity index (χ2v) is 8.66. The van der Waals surface area contributed by atoms with Crippen molar-refractivity contribution in [3.63, 3.8) is 0 Å². The van der Waals surface area contributed by atoms with Gasteiger partial charge in [0.15, 0.2) is 0 Å². The summed E-state index contributed by atoms with van der Waals surface area (Å²) in [6.45, 7) is 0. The number of rotatable bonds is 9. The van der Waals surface area contributed by atoms with Gasteiger partial charge in [0.1, 0.15) is 11.9 Å². The molecule has 0 saturated heterocycles. The second kappa shape index (κ2) is 11.5. The van der Waals surface area contributed by atoms with Gasteiger partial charge in [-0.2, -0.15) is 0 Å². The molecule has 1 N–H and O–H groups in total. The predicted molar refractivity (Wildman–Crippen MR) is 138 cm³/mol. The van der Waals surface area contributed by atoms with Gasteiger partial charge in [0.05, 0.1) is 12.5 Å². The summed E-state index contributed by atoms with van der Waals surface area (Å²) in [5, 5.41) is 2.86. The number of ether oxygens (including phenoxy) is 1. The molecule has 182 valence electrons. The van der Waals surface area contributed by atoms with Crippen LogP contribution in [0.1, 0.15) is 28.7 Å². The Balaban J connectivity index is 1.73. The van der Waals surface area contributed by atoms with E-state index in [-0.39, 0.29) is 18.7 Å². The molecular formula is C31H28FNO3. The zero-order chi connectivity index (χ0) is 25.4. The van der Waals surface area contributed by atoms with E-state index >= 15 is 0 Å². The highest BCUT2D eigenvalue weighted by molar-refractivity contribution is 5.86. The highest BCUT2D eigenvalue weighted by Gasteiger charge is 2.39. The summed E-state index contributed by atoms with van der Waals surface area (Å²) in [6, 6.07) is 34.6. The molecule has 0 aromatic heterocycles. The number of nitrogens with one attached hydrogen (secondary N) is 1. The first-order chi connectivity index (χ1) is 17.5. The van der Waals surface area contributed by atoms with Crippen molar-refractivity contribution < 1.29 is 18.7 Å². The molecule has 4 aromatic rings. The third kappa shape index (κ3) is 5.52. The number of hydrogen-bond donors (Lipinski definition) is 1. The Morgan fingerprint density at radius 2 is 1.28 bits per heavy atom. The van der Waals surface area contributed by atoms with Gasteiger partial charge in [0.25, 0.3) is 0 Å². The minimum Gasteiger partial charge on any atom is -0.467 e. The van der Waals surface area contributed by atoms with Gasteiger partial charge in [0, 0.05) is 12.8 Å². The molecule has 0 radical (unpaired) electrons. The quantitative estimate of drug-likeness (QED) is 0.255. The van der Waals surface area contributed by atoms with Crippen LogP contribution < -0.4 is 5.32 Å². The highest BCUT2D eigenvalue weighted by atomic mass is 19.1. The minimum absolute atomic E-state index is 0.0572. The minimum atomic E-state index is -0.954. The molecule has 0 saturated carbocycles. The molecule has 0 aliphatic rings. The summed E-state index contributed by atoms with van der Waals surface area (Å²) in [6.07, 6.45) is 0.173. The Morgan fingerprint density at radius 3 is 1.72 bits per heavy atom. The second-order valence-electron chi connectivity index (χ2n) is 8.66. The maximum absolute atomic E-state index is 13.7. The average molecular weight is 482 g/mol. The fraction of sp³-hybridized carbons (Fsp3) is 0.161. The van der Waals surface area contributed by atoms with Gasteiger partial charge in [0.2, 0.25) is 5.91 Å². The Labute approximate surface area is 210 Å². The summed E-state index contributed by atoms with van der Waals surface area (Å²) in [5.41, 5.74) is 2.66. The molecule has 5 heteroatoms. The van der Waals surface area contributed by atoms with Crippen LogP contribution in [-0.2, 0) is 26.2 Å². The first kappa shape index (κ1) is 24.9. The standard InChI is InChI=1S/C31H28FNO3/c1-36-30(35)28(21-23-12-11-19-27(32)20-23)33-29(34)22-31(24-13-5-2-6-14-24,25-15-7-3-8-16-25)26-17-9-4-10-18-26/h2-20,28H,21-22H2,1H3,(H,33,34)/t28-/m0/s1. The molecule has 1 atom stereocenters. The molecule has 0 aliphatic heterocycles. The van der Waals surface area contributed by atoms with E-state index in [0.717, 1.165) is 16.7 Å². The number of halogens is 1. The average Bonchev–Trinajstić information content (AvgIpc) is 2.92. The van der Waals surface area contributed by atoms with Crippen molar-refractivity contribution in [2.75, 3.05) is 7.11 Å². The largest absolute Gasteiger partial charge is 0.467 e. The fourth-order valence-corrected chi connectivity index (χ4v) is 4.70. The zero-order valence-electron chi connectivity index (χ0n) is 20.1. The SMILES string of the molecule is COC(=O)[C@H](Cc1cccc(F)c1)NC(=O)CC(c1ccccc1)(c1ccccc1)c1ccccc1. The Bertz CT molecular complexity index is 1200. The maximum Gasteiger partial charge on any atom is 0.328 e. The predicted octanol–water partition coefficient (Wildman–Crippen LogP) is 5.45. The normalized spacial score (nSPS) is 11.9. The number of benzene rings is 4. The summed E-state index contributed by atoms with van der Waals surface area (Å²) < 4.78 is 18.7. The smallest absolute Gasteiger partial charge is 0.328 e. The first-order valence-electron chi connectivity index (χ1n) is 11.8. The molecule has 36 heavy (non-hydrogen) atoms. The third-order valence-corrected chi connectivity index (χ3v) is 6.38. The lowest BCUT2D eigenvalue weighted by molar-refractivity contribution is -0.145. The van der Waals surface area contributed by atoms with Crippen LogP contribution in [0.15, 0.2) is 115 Å². The summed E-state index contributed by atoms with van der Waals surface area (Å²) >= 11 is 0. The van der Waals surface area contributed by atoms with Gasteiger partial charge in [-0.15, -0.1) is 0 Å². The van der Waals surface area contributed by atoms with E-state index in [1.807, 2.05) is 91.0 Å². The molecule has 0 heterocycles. The Morgan fingerprint density at radius 1 is 0.778 bits per heavy atom. The number of hydrogen-bond acceptors (Lipinski definition) is 3. The van der Waals surface area contributed by atoms with Gasteiger partial charge in [-0.25, -0.2) is 9.18 Å². The summed E-state index contributed by atoms with van der Waals surface area (Å²) in [7, 11) is 1.27. The van der Waals surface area contributed by atoms with Crippen LogP contribution in [0.5, 0.6) is 0 Å². The summed E-state index contributed by atoms with van der Waals surface area (Å²) in [4.78, 5) is 26.3. The zero-order valence-corrected chi connectivity index (χ0v) is 20.1. The maximum atomic E-state index is 13.7. The van der Waals surface area contributed by atoms with Crippen LogP contribution in [0.3, 0.4) is 0 Å². The van der Waals surface area contributed by atoms with E-state index in [9.17, 15) is 14.0 Å². The highest BCUT2D eigenvalue weighted by Crippen LogP contribution is 2.42. The van der Waals surface area contributed by atoms with Crippen molar-refractivity contribution in [3.05, 3.63) is 143 Å². The van der Waals surface area contributed by atoms with Crippen molar-refractivity contribution in [1.29, 1.82) is 0 Å². The van der Waals surface area contributed by atoms with Gasteiger partial charge >= 0.3 is 5.97 Å². The number of carbonyl (C=O) groups is 2. The van der Waals surface area contributed by atoms with E-state index < -0.39 is 23.2 Å². The summed E-state index contributed by atoms with van der Waals surface area (Å²) in [5.74, 6) is -1.31. The lowest BCUT2D eigenvalue weighted by Crippen LogP contribution is -2.46. The van der Waals surface area contributed by atoms with Crippen molar-refractivity contribution in [3.8, 4) is 0 Å². The molecule has 1 amide bonds. The van der Waals surface area contributed by atoms with Crippen molar-refractivity contribution >= 4 is 11.9 Å². The van der Waals surface area contributed by atoms with Crippen molar-refractivity contribution in [2.45, 2.75) is 24.3 Å². The van der Waals surface area contributed by atoms with Gasteiger partial charge in [-0.3, -0.25) is 4.79 Å². The number of carbonyl (C=O) groups excluding carboxylic acids is 2. The lowest BCUT2D eigenvalue weighted by Gasteiger charge is -2.36. The van der Waals surface area contributed by atoms with Crippen molar-refractivity contribution in [1.82, 2.24) is 5.32 Å². The van der Waals surface area contributed by atoms with Crippen LogP contribution >= 0.6 is 0 Å². The van der Waals surface area contributed by atoms with Crippen molar-refractivity contribution in [2.24, 2.45) is 0 Å². The Kier molecular flexibility index (Phi) is 7.91. The molecule has 4 rings (SSSR count). The topological polar surface area (TPSA) is 55.4 Å². The third-order valence-electron chi connectivity index (χ3n) is 6.38. The Hall–Kier alpha value is -4.25. The van der Waals surface area contributed by atoms with Gasteiger partial charge in [-0.1, -0.05) is 103 Å². The number of amides is 1. The van der Waals surface area contributed by atoms with Gasteiger partial charge in [-0.05, 0) is 34.4 Å². The van der Waals surface area contributed by atoms with E-state index in [0.29, 0.717) is 5.56 Å². The molecule has 0 fully saturated rings. The fourth-order valence-electron chi connectivity index (χ4n) is 4.70. The lowest BCUT2D eigenvalue weighted by atomic mass is 9.67. The molecule has 0 unspecified atom stereocenters. The van der Waals surface area contributed by atoms with Crippen LogP contribution in [-0.4, -0.2) is 25.0 Å². The van der Waals surface area contributed by atoms with Crippen LogP contribution in [0.4, 0.5) is 4.39 Å². The monoisotopic (exact) mass is 481 g/mol. The molecule has 0 aliphatic carbocycles. The molecule has 0 bridgehead atoms. The molecule has 0 spiro atoms. The van der Waals surface area contributed by atoms with Crippen LogP contribution in [0, 0.1) is 5.82 Å². The van der Waals surface area contributed by atoms with Gasteiger partial charge < -0.3 is 10.1 Å². The van der Waals surface area contributed by atoms with E-state index in [2.05, 4.69) is 5.32 Å². The van der Waals surface area contributed by atoms with Crippen LogP contribution in [0.2, 0.25) is 0 Å². The first-order valence-corrected chi connectivity index (χ1v) is 11.8. The molecular weight excluding hydrogens is 453 g/mol. The van der Waals surface area contributed by atoms with E-state index in [1.165, 1.54) is 19.2 Å².